The van der Waals surface area contributed by atoms with E-state index < -0.39 is 0 Å². The Morgan fingerprint density at radius 1 is 1.17 bits per heavy atom. The zero-order valence-electron chi connectivity index (χ0n) is 7.72. The molecule has 12 heavy (non-hydrogen) atoms. The van der Waals surface area contributed by atoms with Crippen molar-refractivity contribution in [3.63, 3.8) is 0 Å². The number of hydrogen-bond donors (Lipinski definition) is 0. The van der Waals surface area contributed by atoms with E-state index in [9.17, 15) is 0 Å². The summed E-state index contributed by atoms with van der Waals surface area (Å²) in [6.07, 6.45) is 4.62. The molecule has 0 heteroatoms. The summed E-state index contributed by atoms with van der Waals surface area (Å²) in [5, 5.41) is 0. The van der Waals surface area contributed by atoms with Crippen molar-refractivity contribution in [3.05, 3.63) is 46.5 Å². The zero-order chi connectivity index (χ0) is 8.55. The van der Waals surface area contributed by atoms with E-state index in [1.54, 1.807) is 5.56 Å². The van der Waals surface area contributed by atoms with Crippen LogP contribution in [0, 0.1) is 6.92 Å². The normalized spacial score (nSPS) is 15.3. The second-order valence-corrected chi connectivity index (χ2v) is 3.64. The fourth-order valence-electron chi connectivity index (χ4n) is 1.84. The summed E-state index contributed by atoms with van der Waals surface area (Å²) in [5.41, 5.74) is 6.02. The minimum Gasteiger partial charge on any atom is -0.0809 e. The number of hydrogen-bond acceptors (Lipinski definition) is 0. The van der Waals surface area contributed by atoms with Gasteiger partial charge in [0.05, 0.1) is 0 Å². The van der Waals surface area contributed by atoms with Crippen molar-refractivity contribution in [1.82, 2.24) is 0 Å². The molecule has 0 heterocycles. The Balaban J connectivity index is 2.49. The first-order valence-corrected chi connectivity index (χ1v) is 4.50. The molecule has 0 N–H and O–H groups in total. The third kappa shape index (κ3) is 1.18. The van der Waals surface area contributed by atoms with Gasteiger partial charge in [-0.05, 0) is 43.4 Å². The second-order valence-electron chi connectivity index (χ2n) is 3.64. The van der Waals surface area contributed by atoms with E-state index in [-0.39, 0.29) is 0 Å². The van der Waals surface area contributed by atoms with Crippen LogP contribution in [0.1, 0.15) is 23.6 Å². The summed E-state index contributed by atoms with van der Waals surface area (Å²) >= 11 is 0. The largest absolute Gasteiger partial charge is 0.0809 e. The first-order valence-electron chi connectivity index (χ1n) is 4.50. The topological polar surface area (TPSA) is 0 Å². The van der Waals surface area contributed by atoms with Gasteiger partial charge in [-0.15, -0.1) is 0 Å². The number of aryl methyl sites for hydroxylation is 1. The lowest BCUT2D eigenvalue weighted by molar-refractivity contribution is 1.00. The maximum atomic E-state index is 2.34. The molecule has 1 aromatic carbocycles. The third-order valence-corrected chi connectivity index (χ3v) is 2.63. The van der Waals surface area contributed by atoms with Crippen molar-refractivity contribution < 1.29 is 0 Å². The van der Waals surface area contributed by atoms with E-state index in [0.717, 1.165) is 12.8 Å². The SMILES string of the molecule is CC1=CCc2cccc(C)c2C1. The molecule has 1 aromatic rings. The summed E-state index contributed by atoms with van der Waals surface area (Å²) in [7, 11) is 0. The highest BCUT2D eigenvalue weighted by molar-refractivity contribution is 5.41. The monoisotopic (exact) mass is 158 g/mol. The average molecular weight is 158 g/mol. The second kappa shape index (κ2) is 2.78. The molecule has 2 rings (SSSR count). The fourth-order valence-corrected chi connectivity index (χ4v) is 1.84. The lowest BCUT2D eigenvalue weighted by Gasteiger charge is -2.16. The molecule has 0 nitrogen and oxygen atoms in total. The molecule has 0 saturated heterocycles. The van der Waals surface area contributed by atoms with Crippen LogP contribution in [0.25, 0.3) is 0 Å². The number of rotatable bonds is 0. The van der Waals surface area contributed by atoms with Gasteiger partial charge in [-0.1, -0.05) is 29.8 Å². The van der Waals surface area contributed by atoms with E-state index in [1.165, 1.54) is 16.7 Å². The molecule has 0 saturated carbocycles. The highest BCUT2D eigenvalue weighted by Crippen LogP contribution is 2.23. The van der Waals surface area contributed by atoms with Crippen LogP contribution in [-0.2, 0) is 12.8 Å². The third-order valence-electron chi connectivity index (χ3n) is 2.63. The van der Waals surface area contributed by atoms with Crippen molar-refractivity contribution in [2.24, 2.45) is 0 Å². The van der Waals surface area contributed by atoms with E-state index in [0.29, 0.717) is 0 Å². The summed E-state index contributed by atoms with van der Waals surface area (Å²) in [4.78, 5) is 0. The van der Waals surface area contributed by atoms with Crippen molar-refractivity contribution in [2.75, 3.05) is 0 Å². The van der Waals surface area contributed by atoms with Gasteiger partial charge in [0.15, 0.2) is 0 Å². The van der Waals surface area contributed by atoms with Crippen LogP contribution in [0.15, 0.2) is 29.8 Å². The van der Waals surface area contributed by atoms with Gasteiger partial charge in [0.1, 0.15) is 0 Å². The standard InChI is InChI=1S/C12H14/c1-9-6-7-11-5-3-4-10(2)12(11)8-9/h3-6H,7-8H2,1-2H3. The van der Waals surface area contributed by atoms with Crippen LogP contribution in [-0.4, -0.2) is 0 Å². The van der Waals surface area contributed by atoms with Crippen molar-refractivity contribution in [3.8, 4) is 0 Å². The Morgan fingerprint density at radius 3 is 2.83 bits per heavy atom. The number of fused-ring (bicyclic) bond motifs is 1. The van der Waals surface area contributed by atoms with Gasteiger partial charge >= 0.3 is 0 Å². The minimum absolute atomic E-state index is 1.13. The molecule has 0 aliphatic heterocycles. The summed E-state index contributed by atoms with van der Waals surface area (Å²) in [6.45, 7) is 4.42. The van der Waals surface area contributed by atoms with E-state index >= 15 is 0 Å². The maximum Gasteiger partial charge on any atom is -0.00643 e. The Labute approximate surface area is 73.9 Å². The maximum absolute atomic E-state index is 2.34. The van der Waals surface area contributed by atoms with Crippen molar-refractivity contribution >= 4 is 0 Å². The summed E-state index contributed by atoms with van der Waals surface area (Å²) in [6, 6.07) is 6.60. The van der Waals surface area contributed by atoms with Gasteiger partial charge in [0, 0.05) is 0 Å². The smallest absolute Gasteiger partial charge is 0.00643 e. The lowest BCUT2D eigenvalue weighted by atomic mass is 9.89. The lowest BCUT2D eigenvalue weighted by Crippen LogP contribution is -2.02. The van der Waals surface area contributed by atoms with Crippen LogP contribution in [0.3, 0.4) is 0 Å². The predicted molar refractivity (Wildman–Crippen MR) is 52.3 cm³/mol. The van der Waals surface area contributed by atoms with Crippen LogP contribution in [0.5, 0.6) is 0 Å². The quantitative estimate of drug-likeness (QED) is 0.509. The van der Waals surface area contributed by atoms with Crippen LogP contribution in [0.4, 0.5) is 0 Å². The highest BCUT2D eigenvalue weighted by atomic mass is 14.1. The molecule has 0 atom stereocenters. The Morgan fingerprint density at radius 2 is 2.00 bits per heavy atom. The van der Waals surface area contributed by atoms with Gasteiger partial charge in [0.2, 0.25) is 0 Å². The molecule has 1 aliphatic rings. The molecule has 0 unspecified atom stereocenters. The average Bonchev–Trinajstić information content (AvgIpc) is 2.07. The molecule has 62 valence electrons. The van der Waals surface area contributed by atoms with Crippen molar-refractivity contribution in [1.29, 1.82) is 0 Å². The number of allylic oxidation sites excluding steroid dienone is 2. The van der Waals surface area contributed by atoms with E-state index in [4.69, 9.17) is 0 Å². The minimum atomic E-state index is 1.13. The zero-order valence-corrected chi connectivity index (χ0v) is 7.72. The molecule has 0 aromatic heterocycles. The van der Waals surface area contributed by atoms with E-state index in [2.05, 4.69) is 38.1 Å². The van der Waals surface area contributed by atoms with Crippen LogP contribution >= 0.6 is 0 Å². The van der Waals surface area contributed by atoms with Gasteiger partial charge in [-0.25, -0.2) is 0 Å². The Kier molecular flexibility index (Phi) is 1.76. The highest BCUT2D eigenvalue weighted by Gasteiger charge is 2.09. The van der Waals surface area contributed by atoms with Crippen molar-refractivity contribution in [2.45, 2.75) is 26.7 Å². The molecule has 0 bridgehead atoms. The molecular weight excluding hydrogens is 144 g/mol. The molecule has 0 fully saturated rings. The van der Waals surface area contributed by atoms with Gasteiger partial charge in [-0.3, -0.25) is 0 Å². The van der Waals surface area contributed by atoms with Gasteiger partial charge in [0.25, 0.3) is 0 Å². The van der Waals surface area contributed by atoms with Crippen LogP contribution in [0.2, 0.25) is 0 Å². The van der Waals surface area contributed by atoms with Gasteiger partial charge < -0.3 is 0 Å². The Bertz CT molecular complexity index is 332. The molecular formula is C12H14. The first kappa shape index (κ1) is 7.60. The number of benzene rings is 1. The Hall–Kier alpha value is -1.04. The van der Waals surface area contributed by atoms with Crippen LogP contribution < -0.4 is 0 Å². The predicted octanol–water partition coefficient (Wildman–Crippen LogP) is 3.04. The first-order chi connectivity index (χ1) is 5.77. The fraction of sp³-hybridized carbons (Fsp3) is 0.333. The molecule has 0 amide bonds. The summed E-state index contributed by atoms with van der Waals surface area (Å²) in [5.74, 6) is 0. The summed E-state index contributed by atoms with van der Waals surface area (Å²) < 4.78 is 0. The molecule has 0 radical (unpaired) electrons. The molecule has 0 spiro atoms. The van der Waals surface area contributed by atoms with E-state index in [1.807, 2.05) is 0 Å². The molecule has 1 aliphatic carbocycles. The van der Waals surface area contributed by atoms with Gasteiger partial charge in [-0.2, -0.15) is 0 Å².